The fourth-order valence-electron chi connectivity index (χ4n) is 1.95. The van der Waals surface area contributed by atoms with Gasteiger partial charge in [0.1, 0.15) is 0 Å². The first-order chi connectivity index (χ1) is 8.26. The number of aromatic nitrogens is 1. The van der Waals surface area contributed by atoms with E-state index in [0.29, 0.717) is 0 Å². The van der Waals surface area contributed by atoms with E-state index in [1.165, 1.54) is 10.4 Å². The molecule has 2 aromatic heterocycles. The molecule has 2 rings (SSSR count). The molecule has 17 heavy (non-hydrogen) atoms. The van der Waals surface area contributed by atoms with E-state index >= 15 is 0 Å². The van der Waals surface area contributed by atoms with E-state index in [4.69, 9.17) is 5.84 Å². The second-order valence-corrected chi connectivity index (χ2v) is 5.01. The summed E-state index contributed by atoms with van der Waals surface area (Å²) in [5.41, 5.74) is 6.51. The highest BCUT2D eigenvalue weighted by Crippen LogP contribution is 2.29. The lowest BCUT2D eigenvalue weighted by atomic mass is 10.0. The summed E-state index contributed by atoms with van der Waals surface area (Å²) in [6.45, 7) is 4.20. The van der Waals surface area contributed by atoms with Crippen LogP contribution in [0, 0.1) is 6.92 Å². The summed E-state index contributed by atoms with van der Waals surface area (Å²) in [7, 11) is 0. The topological polar surface area (TPSA) is 50.9 Å². The average Bonchev–Trinajstić information content (AvgIpc) is 2.78. The molecule has 4 heteroatoms. The zero-order valence-electron chi connectivity index (χ0n) is 10.1. The van der Waals surface area contributed by atoms with Gasteiger partial charge in [-0.1, -0.05) is 13.0 Å². The predicted molar refractivity (Wildman–Crippen MR) is 71.8 cm³/mol. The van der Waals surface area contributed by atoms with Crippen molar-refractivity contribution in [3.8, 4) is 0 Å². The molecule has 0 saturated carbocycles. The Bertz CT molecular complexity index is 493. The Balaban J connectivity index is 2.40. The van der Waals surface area contributed by atoms with Gasteiger partial charge in [0, 0.05) is 17.3 Å². The van der Waals surface area contributed by atoms with Gasteiger partial charge in [-0.25, -0.2) is 5.43 Å². The zero-order valence-corrected chi connectivity index (χ0v) is 10.9. The van der Waals surface area contributed by atoms with Crippen molar-refractivity contribution in [1.82, 2.24) is 10.4 Å². The van der Waals surface area contributed by atoms with Crippen molar-refractivity contribution in [3.05, 3.63) is 51.5 Å². The van der Waals surface area contributed by atoms with Crippen molar-refractivity contribution in [2.24, 2.45) is 5.84 Å². The van der Waals surface area contributed by atoms with Crippen molar-refractivity contribution in [1.29, 1.82) is 0 Å². The number of thiophene rings is 1. The van der Waals surface area contributed by atoms with Gasteiger partial charge in [0.15, 0.2) is 0 Å². The van der Waals surface area contributed by atoms with Crippen LogP contribution in [0.2, 0.25) is 0 Å². The summed E-state index contributed by atoms with van der Waals surface area (Å²) < 4.78 is 0. The molecular formula is C13H17N3S. The molecular weight excluding hydrogens is 230 g/mol. The molecule has 0 aliphatic rings. The minimum Gasteiger partial charge on any atom is -0.271 e. The molecule has 0 amide bonds. The van der Waals surface area contributed by atoms with E-state index in [9.17, 15) is 0 Å². The lowest BCUT2D eigenvalue weighted by Crippen LogP contribution is -2.29. The van der Waals surface area contributed by atoms with Crippen LogP contribution in [0.4, 0.5) is 0 Å². The van der Waals surface area contributed by atoms with Crippen molar-refractivity contribution in [3.63, 3.8) is 0 Å². The molecule has 0 aromatic carbocycles. The second-order valence-electron chi connectivity index (χ2n) is 4.06. The number of nitrogens with zero attached hydrogens (tertiary/aromatic N) is 1. The van der Waals surface area contributed by atoms with Crippen molar-refractivity contribution in [2.45, 2.75) is 26.3 Å². The van der Waals surface area contributed by atoms with Crippen LogP contribution in [0.5, 0.6) is 0 Å². The minimum absolute atomic E-state index is 0.0392. The van der Waals surface area contributed by atoms with Crippen LogP contribution < -0.4 is 11.3 Å². The van der Waals surface area contributed by atoms with Gasteiger partial charge < -0.3 is 0 Å². The van der Waals surface area contributed by atoms with E-state index in [0.717, 1.165) is 17.5 Å². The van der Waals surface area contributed by atoms with Crippen LogP contribution in [0.15, 0.2) is 29.9 Å². The standard InChI is InChI=1S/C13H17N3S/c1-3-10-4-5-17-13(10)12(16-14)11-6-9(2)7-15-8-11/h4-8,12,16H,3,14H2,1-2H3. The van der Waals surface area contributed by atoms with Gasteiger partial charge in [-0.05, 0) is 41.5 Å². The van der Waals surface area contributed by atoms with Gasteiger partial charge in [-0.2, -0.15) is 0 Å². The fourth-order valence-corrected chi connectivity index (χ4v) is 3.04. The molecule has 90 valence electrons. The summed E-state index contributed by atoms with van der Waals surface area (Å²) >= 11 is 1.74. The third kappa shape index (κ3) is 2.54. The van der Waals surface area contributed by atoms with Gasteiger partial charge in [0.2, 0.25) is 0 Å². The number of hydrazine groups is 1. The van der Waals surface area contributed by atoms with E-state index in [2.05, 4.69) is 34.8 Å². The number of nitrogens with two attached hydrogens (primary N) is 1. The van der Waals surface area contributed by atoms with Crippen molar-refractivity contribution >= 4 is 11.3 Å². The molecule has 1 atom stereocenters. The highest BCUT2D eigenvalue weighted by atomic mass is 32.1. The third-order valence-corrected chi connectivity index (χ3v) is 3.84. The molecule has 0 bridgehead atoms. The molecule has 2 aromatic rings. The number of rotatable bonds is 4. The van der Waals surface area contributed by atoms with E-state index < -0.39 is 0 Å². The molecule has 3 nitrogen and oxygen atoms in total. The summed E-state index contributed by atoms with van der Waals surface area (Å²) in [6, 6.07) is 4.32. The Morgan fingerprint density at radius 1 is 1.47 bits per heavy atom. The van der Waals surface area contributed by atoms with Crippen LogP contribution in [0.25, 0.3) is 0 Å². The predicted octanol–water partition coefficient (Wildman–Crippen LogP) is 2.57. The largest absolute Gasteiger partial charge is 0.271 e. The van der Waals surface area contributed by atoms with Crippen LogP contribution >= 0.6 is 11.3 Å². The van der Waals surface area contributed by atoms with E-state index in [1.54, 1.807) is 11.3 Å². The smallest absolute Gasteiger partial charge is 0.0820 e. The first-order valence-electron chi connectivity index (χ1n) is 5.70. The van der Waals surface area contributed by atoms with Gasteiger partial charge in [0.25, 0.3) is 0 Å². The average molecular weight is 247 g/mol. The second kappa shape index (κ2) is 5.40. The maximum atomic E-state index is 5.70. The Morgan fingerprint density at radius 2 is 2.29 bits per heavy atom. The quantitative estimate of drug-likeness (QED) is 0.645. The van der Waals surface area contributed by atoms with Crippen molar-refractivity contribution in [2.75, 3.05) is 0 Å². The summed E-state index contributed by atoms with van der Waals surface area (Å²) in [6.07, 6.45) is 4.75. The molecule has 0 saturated heterocycles. The molecule has 2 heterocycles. The molecule has 0 fully saturated rings. The Morgan fingerprint density at radius 3 is 2.94 bits per heavy atom. The summed E-state index contributed by atoms with van der Waals surface area (Å²) in [5, 5.41) is 2.11. The van der Waals surface area contributed by atoms with Gasteiger partial charge in [0.05, 0.1) is 6.04 Å². The minimum atomic E-state index is 0.0392. The van der Waals surface area contributed by atoms with Gasteiger partial charge in [-0.3, -0.25) is 10.8 Å². The molecule has 1 unspecified atom stereocenters. The maximum absolute atomic E-state index is 5.70. The van der Waals surface area contributed by atoms with E-state index in [-0.39, 0.29) is 6.04 Å². The molecule has 0 spiro atoms. The van der Waals surface area contributed by atoms with Crippen LogP contribution in [0.1, 0.15) is 34.5 Å². The molecule has 0 aliphatic heterocycles. The third-order valence-electron chi connectivity index (χ3n) is 2.82. The first-order valence-corrected chi connectivity index (χ1v) is 6.58. The number of nitrogens with one attached hydrogen (secondary N) is 1. The Hall–Kier alpha value is -1.23. The zero-order chi connectivity index (χ0) is 12.3. The fraction of sp³-hybridized carbons (Fsp3) is 0.308. The lowest BCUT2D eigenvalue weighted by Gasteiger charge is -2.16. The number of hydrogen-bond donors (Lipinski definition) is 2. The first kappa shape index (κ1) is 12.2. The van der Waals surface area contributed by atoms with Crippen LogP contribution in [0.3, 0.4) is 0 Å². The molecule has 0 radical (unpaired) electrons. The van der Waals surface area contributed by atoms with E-state index in [1.807, 2.05) is 19.3 Å². The maximum Gasteiger partial charge on any atom is 0.0820 e. The van der Waals surface area contributed by atoms with Gasteiger partial charge in [-0.15, -0.1) is 11.3 Å². The highest BCUT2D eigenvalue weighted by Gasteiger charge is 2.17. The molecule has 0 aliphatic carbocycles. The number of hydrogen-bond acceptors (Lipinski definition) is 4. The summed E-state index contributed by atoms with van der Waals surface area (Å²) in [5.74, 6) is 5.70. The van der Waals surface area contributed by atoms with Gasteiger partial charge >= 0.3 is 0 Å². The number of aryl methyl sites for hydroxylation is 2. The van der Waals surface area contributed by atoms with Crippen LogP contribution in [-0.2, 0) is 6.42 Å². The monoisotopic (exact) mass is 247 g/mol. The van der Waals surface area contributed by atoms with Crippen LogP contribution in [-0.4, -0.2) is 4.98 Å². The number of pyridine rings is 1. The van der Waals surface area contributed by atoms with Crippen molar-refractivity contribution < 1.29 is 0 Å². The lowest BCUT2D eigenvalue weighted by molar-refractivity contribution is 0.639. The Labute approximate surface area is 106 Å². The highest BCUT2D eigenvalue weighted by molar-refractivity contribution is 7.10. The summed E-state index contributed by atoms with van der Waals surface area (Å²) in [4.78, 5) is 5.51. The SMILES string of the molecule is CCc1ccsc1C(NN)c1cncc(C)c1. The Kier molecular flexibility index (Phi) is 3.89. The normalized spacial score (nSPS) is 12.6. The molecule has 3 N–H and O–H groups in total.